The van der Waals surface area contributed by atoms with Crippen molar-refractivity contribution in [1.82, 2.24) is 15.0 Å². The maximum absolute atomic E-state index is 5.72. The molecule has 1 N–H and O–H groups in total. The Hall–Kier alpha value is -1.59. The van der Waals surface area contributed by atoms with Crippen molar-refractivity contribution >= 4 is 29.2 Å². The first-order valence-electron chi connectivity index (χ1n) is 5.56. The van der Waals surface area contributed by atoms with Crippen molar-refractivity contribution in [3.63, 3.8) is 0 Å². The summed E-state index contributed by atoms with van der Waals surface area (Å²) in [6, 6.07) is 7.68. The largest absolute Gasteiger partial charge is 0.497 e. The summed E-state index contributed by atoms with van der Waals surface area (Å²) in [4.78, 5) is 11.6. The summed E-state index contributed by atoms with van der Waals surface area (Å²) in [6.07, 6.45) is 0. The summed E-state index contributed by atoms with van der Waals surface area (Å²) < 4.78 is 5.18. The molecule has 5 nitrogen and oxygen atoms in total. The van der Waals surface area contributed by atoms with Gasteiger partial charge in [-0.3, -0.25) is 0 Å². The van der Waals surface area contributed by atoms with Gasteiger partial charge < -0.3 is 10.1 Å². The van der Waals surface area contributed by atoms with Gasteiger partial charge >= 0.3 is 0 Å². The molecule has 0 bridgehead atoms. The zero-order valence-corrected chi connectivity index (χ0v) is 11.9. The second kappa shape index (κ2) is 6.04. The Balaban J connectivity index is 2.17. The van der Waals surface area contributed by atoms with Gasteiger partial charge in [-0.2, -0.15) is 15.0 Å². The monoisotopic (exact) mass is 298 g/mol. The lowest BCUT2D eigenvalue weighted by Gasteiger charge is -2.15. The third kappa shape index (κ3) is 3.68. The lowest BCUT2D eigenvalue weighted by molar-refractivity contribution is 0.414. The van der Waals surface area contributed by atoms with Crippen LogP contribution in [0.2, 0.25) is 10.6 Å². The zero-order chi connectivity index (χ0) is 13.8. The molecule has 2 rings (SSSR count). The first-order valence-corrected chi connectivity index (χ1v) is 6.31. The first kappa shape index (κ1) is 13.8. The summed E-state index contributed by atoms with van der Waals surface area (Å²) in [6.45, 7) is 1.97. The lowest BCUT2D eigenvalue weighted by atomic mass is 10.1. The minimum atomic E-state index is -0.0235. The molecule has 0 radical (unpaired) electrons. The summed E-state index contributed by atoms with van der Waals surface area (Å²) in [7, 11) is 1.63. The molecule has 100 valence electrons. The van der Waals surface area contributed by atoms with Gasteiger partial charge in [0.25, 0.3) is 0 Å². The van der Waals surface area contributed by atoms with Crippen molar-refractivity contribution in [3.8, 4) is 5.75 Å². The summed E-state index contributed by atoms with van der Waals surface area (Å²) >= 11 is 11.4. The van der Waals surface area contributed by atoms with E-state index in [1.165, 1.54) is 0 Å². The van der Waals surface area contributed by atoms with Gasteiger partial charge in [-0.15, -0.1) is 0 Å². The van der Waals surface area contributed by atoms with Crippen LogP contribution in [0.25, 0.3) is 0 Å². The zero-order valence-electron chi connectivity index (χ0n) is 10.4. The predicted octanol–water partition coefficient (Wildman–Crippen LogP) is 3.36. The second-order valence-electron chi connectivity index (χ2n) is 3.84. The van der Waals surface area contributed by atoms with E-state index < -0.39 is 0 Å². The Bertz CT molecular complexity index is 559. The van der Waals surface area contributed by atoms with Gasteiger partial charge in [-0.25, -0.2) is 0 Å². The predicted molar refractivity (Wildman–Crippen MR) is 74.9 cm³/mol. The highest BCUT2D eigenvalue weighted by atomic mass is 35.5. The lowest BCUT2D eigenvalue weighted by Crippen LogP contribution is -2.10. The molecule has 0 aliphatic carbocycles. The van der Waals surface area contributed by atoms with Gasteiger partial charge in [0.1, 0.15) is 5.75 Å². The van der Waals surface area contributed by atoms with Crippen LogP contribution in [0.3, 0.4) is 0 Å². The van der Waals surface area contributed by atoms with Crippen LogP contribution in [0.1, 0.15) is 18.5 Å². The molecule has 0 fully saturated rings. The summed E-state index contributed by atoms with van der Waals surface area (Å²) in [5.74, 6) is 1.12. The number of hydrogen-bond acceptors (Lipinski definition) is 5. The molecular weight excluding hydrogens is 287 g/mol. The van der Waals surface area contributed by atoms with Crippen LogP contribution >= 0.6 is 23.2 Å². The Morgan fingerprint density at radius 2 is 1.84 bits per heavy atom. The fraction of sp³-hybridized carbons (Fsp3) is 0.250. The molecule has 1 heterocycles. The molecule has 2 aromatic rings. The number of rotatable bonds is 4. The van der Waals surface area contributed by atoms with Crippen molar-refractivity contribution in [3.05, 3.63) is 40.4 Å². The Kier molecular flexibility index (Phi) is 4.39. The molecule has 0 saturated heterocycles. The topological polar surface area (TPSA) is 59.9 Å². The van der Waals surface area contributed by atoms with E-state index in [0.717, 1.165) is 11.3 Å². The highest BCUT2D eigenvalue weighted by molar-refractivity contribution is 6.31. The van der Waals surface area contributed by atoms with Crippen LogP contribution in [0, 0.1) is 0 Å². The van der Waals surface area contributed by atoms with Crippen LogP contribution in [-0.4, -0.2) is 22.1 Å². The number of anilines is 1. The van der Waals surface area contributed by atoms with Gasteiger partial charge in [0.15, 0.2) is 0 Å². The molecule has 0 unspecified atom stereocenters. The molecule has 0 aliphatic rings. The van der Waals surface area contributed by atoms with Crippen molar-refractivity contribution in [2.45, 2.75) is 13.0 Å². The fourth-order valence-corrected chi connectivity index (χ4v) is 1.94. The third-order valence-corrected chi connectivity index (χ3v) is 2.86. The number of ether oxygens (including phenoxy) is 1. The van der Waals surface area contributed by atoms with E-state index in [4.69, 9.17) is 27.9 Å². The average molecular weight is 299 g/mol. The number of nitrogens with one attached hydrogen (secondary N) is 1. The van der Waals surface area contributed by atoms with Crippen LogP contribution < -0.4 is 10.1 Å². The Morgan fingerprint density at radius 1 is 1.16 bits per heavy atom. The minimum absolute atomic E-state index is 0.0235. The van der Waals surface area contributed by atoms with Gasteiger partial charge in [-0.05, 0) is 47.8 Å². The molecular formula is C12H12Cl2N4O. The van der Waals surface area contributed by atoms with E-state index in [2.05, 4.69) is 20.3 Å². The van der Waals surface area contributed by atoms with Gasteiger partial charge in [0.2, 0.25) is 16.5 Å². The van der Waals surface area contributed by atoms with Crippen molar-refractivity contribution in [2.75, 3.05) is 12.4 Å². The maximum atomic E-state index is 5.72. The number of benzene rings is 1. The molecule has 1 atom stereocenters. The van der Waals surface area contributed by atoms with E-state index in [9.17, 15) is 0 Å². The van der Waals surface area contributed by atoms with E-state index in [-0.39, 0.29) is 16.6 Å². The molecule has 7 heteroatoms. The highest BCUT2D eigenvalue weighted by Gasteiger charge is 2.09. The Labute approximate surface area is 121 Å². The van der Waals surface area contributed by atoms with E-state index in [0.29, 0.717) is 5.95 Å². The molecule has 0 amide bonds. The van der Waals surface area contributed by atoms with E-state index >= 15 is 0 Å². The quantitative estimate of drug-likeness (QED) is 0.938. The number of nitrogens with zero attached hydrogens (tertiary/aromatic N) is 3. The van der Waals surface area contributed by atoms with Gasteiger partial charge in [0, 0.05) is 0 Å². The summed E-state index contributed by atoms with van der Waals surface area (Å²) in [5, 5.41) is 3.22. The van der Waals surface area contributed by atoms with Gasteiger partial charge in [0.05, 0.1) is 13.2 Å². The number of aromatic nitrogens is 3. The SMILES string of the molecule is COc1cccc([C@@H](C)Nc2nc(Cl)nc(Cl)n2)c1. The van der Waals surface area contributed by atoms with Gasteiger partial charge in [-0.1, -0.05) is 12.1 Å². The molecule has 1 aromatic carbocycles. The number of halogens is 2. The Morgan fingerprint density at radius 3 is 2.47 bits per heavy atom. The number of hydrogen-bond donors (Lipinski definition) is 1. The molecule has 0 aliphatic heterocycles. The van der Waals surface area contributed by atoms with Crippen LogP contribution in [0.5, 0.6) is 5.75 Å². The standard InChI is InChI=1S/C12H12Cl2N4O/c1-7(8-4-3-5-9(6-8)19-2)15-12-17-10(13)16-11(14)18-12/h3-7H,1-2H3,(H,15,16,17,18)/t7-/m1/s1. The minimum Gasteiger partial charge on any atom is -0.497 e. The van der Waals surface area contributed by atoms with Crippen molar-refractivity contribution in [1.29, 1.82) is 0 Å². The van der Waals surface area contributed by atoms with Crippen LogP contribution in [0.4, 0.5) is 5.95 Å². The third-order valence-electron chi connectivity index (χ3n) is 2.52. The van der Waals surface area contributed by atoms with Crippen LogP contribution in [0.15, 0.2) is 24.3 Å². The van der Waals surface area contributed by atoms with Crippen molar-refractivity contribution < 1.29 is 4.74 Å². The first-order chi connectivity index (χ1) is 9.08. The molecule has 0 spiro atoms. The molecule has 19 heavy (non-hydrogen) atoms. The highest BCUT2D eigenvalue weighted by Crippen LogP contribution is 2.22. The average Bonchev–Trinajstić information content (AvgIpc) is 2.37. The summed E-state index contributed by atoms with van der Waals surface area (Å²) in [5.41, 5.74) is 1.03. The molecule has 1 aromatic heterocycles. The number of methoxy groups -OCH3 is 1. The second-order valence-corrected chi connectivity index (χ2v) is 4.52. The van der Waals surface area contributed by atoms with Crippen molar-refractivity contribution in [2.24, 2.45) is 0 Å². The molecule has 0 saturated carbocycles. The smallest absolute Gasteiger partial charge is 0.228 e. The maximum Gasteiger partial charge on any atom is 0.228 e. The van der Waals surface area contributed by atoms with E-state index in [1.807, 2.05) is 31.2 Å². The normalized spacial score (nSPS) is 12.0. The fourth-order valence-electron chi connectivity index (χ4n) is 1.58. The van der Waals surface area contributed by atoms with E-state index in [1.54, 1.807) is 7.11 Å². The van der Waals surface area contributed by atoms with Crippen LogP contribution in [-0.2, 0) is 0 Å².